The molecule has 0 aliphatic rings. The molecule has 0 fully saturated rings. The first kappa shape index (κ1) is 9.11. The molecule has 0 atom stereocenters. The largest absolute Gasteiger partial charge is 0.365 e. The van der Waals surface area contributed by atoms with Gasteiger partial charge in [0.2, 0.25) is 0 Å². The number of rotatable bonds is 2. The number of nitrogens with zero attached hydrogens (tertiary/aromatic N) is 1. The Balaban J connectivity index is 2.78. The zero-order valence-electron chi connectivity index (χ0n) is 7.36. The highest BCUT2D eigenvalue weighted by Crippen LogP contribution is 2.29. The van der Waals surface area contributed by atoms with Gasteiger partial charge >= 0.3 is 0 Å². The average molecular weight is 207 g/mol. The maximum Gasteiger partial charge on any atom is 0.259 e. The van der Waals surface area contributed by atoms with E-state index in [1.54, 1.807) is 12.4 Å². The van der Waals surface area contributed by atoms with Gasteiger partial charge in [0.25, 0.3) is 5.91 Å². The number of carbonyl (C=O) groups is 1. The Morgan fingerprint density at radius 2 is 2.36 bits per heavy atom. The summed E-state index contributed by atoms with van der Waals surface area (Å²) in [5.74, 6) is -0.424. The smallest absolute Gasteiger partial charge is 0.259 e. The first-order chi connectivity index (χ1) is 6.74. The molecule has 4 N–H and O–H groups in total. The quantitative estimate of drug-likeness (QED) is 0.766. The number of nitrogens with two attached hydrogens (primary N) is 2. The van der Waals surface area contributed by atoms with Crippen LogP contribution in [0.1, 0.15) is 15.2 Å². The van der Waals surface area contributed by atoms with Crippen molar-refractivity contribution in [1.82, 2.24) is 4.98 Å². The predicted molar refractivity (Wildman–Crippen MR) is 56.0 cm³/mol. The highest BCUT2D eigenvalue weighted by atomic mass is 32.1. The van der Waals surface area contributed by atoms with Crippen LogP contribution in [0, 0.1) is 0 Å². The van der Waals surface area contributed by atoms with E-state index >= 15 is 0 Å². The zero-order valence-corrected chi connectivity index (χ0v) is 8.17. The monoisotopic (exact) mass is 207 g/mol. The first-order valence-corrected chi connectivity index (χ1v) is 4.91. The van der Waals surface area contributed by atoms with Crippen molar-refractivity contribution in [3.63, 3.8) is 0 Å². The Hall–Kier alpha value is -1.46. The van der Waals surface area contributed by atoms with Crippen molar-refractivity contribution in [2.24, 2.45) is 11.5 Å². The van der Waals surface area contributed by atoms with Crippen LogP contribution < -0.4 is 11.5 Å². The van der Waals surface area contributed by atoms with Crippen molar-refractivity contribution in [3.05, 3.63) is 28.9 Å². The van der Waals surface area contributed by atoms with E-state index in [0.29, 0.717) is 11.4 Å². The summed E-state index contributed by atoms with van der Waals surface area (Å²) in [7, 11) is 0. The second kappa shape index (κ2) is 3.36. The van der Waals surface area contributed by atoms with E-state index in [1.807, 2.05) is 6.07 Å². The fraction of sp³-hybridized carbons (Fsp3) is 0.111. The molecule has 2 aromatic heterocycles. The predicted octanol–water partition coefficient (Wildman–Crippen LogP) is 0.854. The second-order valence-electron chi connectivity index (χ2n) is 2.85. The Morgan fingerprint density at radius 3 is 3.00 bits per heavy atom. The number of aromatic nitrogens is 1. The summed E-state index contributed by atoms with van der Waals surface area (Å²) in [6.45, 7) is 0.322. The highest BCUT2D eigenvalue weighted by Gasteiger charge is 2.14. The normalized spacial score (nSPS) is 10.6. The molecule has 0 spiro atoms. The van der Waals surface area contributed by atoms with E-state index in [9.17, 15) is 4.79 Å². The van der Waals surface area contributed by atoms with Gasteiger partial charge in [0, 0.05) is 24.3 Å². The van der Waals surface area contributed by atoms with Gasteiger partial charge in [-0.2, -0.15) is 0 Å². The lowest BCUT2D eigenvalue weighted by molar-refractivity contribution is 0.100. The summed E-state index contributed by atoms with van der Waals surface area (Å²) in [5, 5.41) is 0.973. The van der Waals surface area contributed by atoms with Crippen molar-refractivity contribution in [2.75, 3.05) is 0 Å². The Kier molecular flexibility index (Phi) is 2.18. The number of amides is 1. The van der Waals surface area contributed by atoms with Crippen molar-refractivity contribution in [2.45, 2.75) is 6.54 Å². The molecule has 2 aromatic rings. The minimum absolute atomic E-state index is 0.322. The molecular formula is C9H9N3OS. The molecule has 2 heterocycles. The Morgan fingerprint density at radius 1 is 1.57 bits per heavy atom. The SMILES string of the molecule is NCc1c(C(N)=O)sc2cnccc12. The number of fused-ring (bicyclic) bond motifs is 1. The first-order valence-electron chi connectivity index (χ1n) is 4.09. The molecule has 0 radical (unpaired) electrons. The van der Waals surface area contributed by atoms with Crippen molar-refractivity contribution in [1.29, 1.82) is 0 Å². The Labute approximate surface area is 84.5 Å². The van der Waals surface area contributed by atoms with Gasteiger partial charge in [0.1, 0.15) is 0 Å². The van der Waals surface area contributed by atoms with Crippen molar-refractivity contribution in [3.8, 4) is 0 Å². The fourth-order valence-corrected chi connectivity index (χ4v) is 2.46. The van der Waals surface area contributed by atoms with E-state index in [0.717, 1.165) is 15.6 Å². The summed E-state index contributed by atoms with van der Waals surface area (Å²) < 4.78 is 0.946. The van der Waals surface area contributed by atoms with Crippen LogP contribution in [-0.2, 0) is 6.54 Å². The molecule has 0 aliphatic heterocycles. The summed E-state index contributed by atoms with van der Waals surface area (Å²) in [4.78, 5) is 15.6. The summed E-state index contributed by atoms with van der Waals surface area (Å²) >= 11 is 1.34. The number of hydrogen-bond acceptors (Lipinski definition) is 4. The molecule has 0 unspecified atom stereocenters. The third-order valence-electron chi connectivity index (χ3n) is 2.02. The molecule has 2 rings (SSSR count). The number of carbonyl (C=O) groups excluding carboxylic acids is 1. The van der Waals surface area contributed by atoms with Crippen molar-refractivity contribution >= 4 is 27.3 Å². The van der Waals surface area contributed by atoms with Crippen LogP contribution in [0.2, 0.25) is 0 Å². The summed E-state index contributed by atoms with van der Waals surface area (Å²) in [6, 6.07) is 1.85. The van der Waals surface area contributed by atoms with E-state index < -0.39 is 5.91 Å². The third kappa shape index (κ3) is 1.26. The third-order valence-corrected chi connectivity index (χ3v) is 3.22. The van der Waals surface area contributed by atoms with Gasteiger partial charge < -0.3 is 11.5 Å². The average Bonchev–Trinajstić information content (AvgIpc) is 2.56. The van der Waals surface area contributed by atoms with Gasteiger partial charge in [0.05, 0.1) is 9.58 Å². The molecule has 4 nitrogen and oxygen atoms in total. The lowest BCUT2D eigenvalue weighted by atomic mass is 10.1. The van der Waals surface area contributed by atoms with E-state index in [4.69, 9.17) is 11.5 Å². The maximum atomic E-state index is 11.1. The maximum absolute atomic E-state index is 11.1. The van der Waals surface area contributed by atoms with Gasteiger partial charge in [-0.25, -0.2) is 0 Å². The van der Waals surface area contributed by atoms with E-state index in [2.05, 4.69) is 4.98 Å². The van der Waals surface area contributed by atoms with Crippen molar-refractivity contribution < 1.29 is 4.79 Å². The van der Waals surface area contributed by atoms with Gasteiger partial charge in [-0.1, -0.05) is 0 Å². The number of pyridine rings is 1. The molecule has 0 saturated heterocycles. The minimum atomic E-state index is -0.424. The van der Waals surface area contributed by atoms with Crippen LogP contribution in [0.25, 0.3) is 10.1 Å². The van der Waals surface area contributed by atoms with E-state index in [1.165, 1.54) is 11.3 Å². The molecule has 0 saturated carbocycles. The molecule has 5 heteroatoms. The van der Waals surface area contributed by atoms with Crippen LogP contribution in [0.15, 0.2) is 18.5 Å². The van der Waals surface area contributed by atoms with Gasteiger partial charge in [0.15, 0.2) is 0 Å². The number of thiophene rings is 1. The number of primary amides is 1. The molecule has 0 aromatic carbocycles. The van der Waals surface area contributed by atoms with Gasteiger partial charge in [-0.3, -0.25) is 9.78 Å². The van der Waals surface area contributed by atoms with Gasteiger partial charge in [-0.15, -0.1) is 11.3 Å². The molecule has 14 heavy (non-hydrogen) atoms. The highest BCUT2D eigenvalue weighted by molar-refractivity contribution is 7.21. The van der Waals surface area contributed by atoms with Crippen LogP contribution in [0.3, 0.4) is 0 Å². The topological polar surface area (TPSA) is 82.0 Å². The Bertz CT molecular complexity index is 492. The van der Waals surface area contributed by atoms with Crippen LogP contribution >= 0.6 is 11.3 Å². The molecule has 0 bridgehead atoms. The lowest BCUT2D eigenvalue weighted by Crippen LogP contribution is -2.12. The molecule has 0 aliphatic carbocycles. The van der Waals surface area contributed by atoms with E-state index in [-0.39, 0.29) is 0 Å². The standard InChI is InChI=1S/C9H9N3OS/c10-3-6-5-1-2-12-4-7(5)14-8(6)9(11)13/h1-2,4H,3,10H2,(H2,11,13). The van der Waals surface area contributed by atoms with Crippen LogP contribution in [-0.4, -0.2) is 10.9 Å². The molecule has 72 valence electrons. The second-order valence-corrected chi connectivity index (χ2v) is 3.90. The fourth-order valence-electron chi connectivity index (χ4n) is 1.41. The molecule has 1 amide bonds. The zero-order chi connectivity index (χ0) is 10.1. The van der Waals surface area contributed by atoms with Crippen LogP contribution in [0.5, 0.6) is 0 Å². The van der Waals surface area contributed by atoms with Crippen LogP contribution in [0.4, 0.5) is 0 Å². The number of hydrogen-bond donors (Lipinski definition) is 2. The summed E-state index contributed by atoms with van der Waals surface area (Å²) in [6.07, 6.45) is 3.39. The summed E-state index contributed by atoms with van der Waals surface area (Å²) in [5.41, 5.74) is 11.6. The minimum Gasteiger partial charge on any atom is -0.365 e. The lowest BCUT2D eigenvalue weighted by Gasteiger charge is -1.95. The molecular weight excluding hydrogens is 198 g/mol. The van der Waals surface area contributed by atoms with Gasteiger partial charge in [-0.05, 0) is 11.6 Å².